The smallest absolute Gasteiger partial charge is 0.233 e. The van der Waals surface area contributed by atoms with Crippen LogP contribution in [-0.2, 0) is 14.6 Å². The Morgan fingerprint density at radius 3 is 2.66 bits per heavy atom. The van der Waals surface area contributed by atoms with Crippen LogP contribution in [-0.4, -0.2) is 63.8 Å². The Kier molecular flexibility index (Phi) is 5.65. The van der Waals surface area contributed by atoms with Crippen molar-refractivity contribution in [3.63, 3.8) is 0 Å². The molecule has 1 unspecified atom stereocenters. The molecule has 1 aromatic carbocycles. The van der Waals surface area contributed by atoms with E-state index in [2.05, 4.69) is 10.2 Å². The third-order valence-electron chi connectivity index (χ3n) is 5.33. The largest absolute Gasteiger partial charge is 0.338 e. The van der Waals surface area contributed by atoms with Crippen molar-refractivity contribution in [1.82, 2.24) is 19.7 Å². The Morgan fingerprint density at radius 1 is 1.28 bits per heavy atom. The number of carbonyl (C=O) groups is 1. The minimum Gasteiger partial charge on any atom is -0.338 e. The molecule has 1 aliphatic heterocycles. The molecular weight excluding hydrogens is 415 g/mol. The van der Waals surface area contributed by atoms with Gasteiger partial charge in [-0.1, -0.05) is 23.9 Å². The van der Waals surface area contributed by atoms with Gasteiger partial charge >= 0.3 is 0 Å². The highest BCUT2D eigenvalue weighted by molar-refractivity contribution is 7.99. The predicted octanol–water partition coefficient (Wildman–Crippen LogP) is 2.55. The first kappa shape index (κ1) is 20.3. The molecule has 1 aromatic heterocycles. The van der Waals surface area contributed by atoms with Gasteiger partial charge in [0, 0.05) is 18.6 Å². The summed E-state index contributed by atoms with van der Waals surface area (Å²) >= 11 is 1.27. The van der Waals surface area contributed by atoms with Gasteiger partial charge in [0.05, 0.1) is 22.8 Å². The molecule has 1 saturated carbocycles. The number of thioether (sulfide) groups is 1. The number of hydrogen-bond acceptors (Lipinski definition) is 6. The second kappa shape index (κ2) is 8.06. The van der Waals surface area contributed by atoms with Gasteiger partial charge in [-0.25, -0.2) is 12.8 Å². The zero-order chi connectivity index (χ0) is 20.6. The normalized spacial score (nSPS) is 20.7. The van der Waals surface area contributed by atoms with Gasteiger partial charge in [-0.3, -0.25) is 9.36 Å². The minimum atomic E-state index is -3.05. The highest BCUT2D eigenvalue weighted by atomic mass is 32.2. The van der Waals surface area contributed by atoms with E-state index >= 15 is 0 Å². The summed E-state index contributed by atoms with van der Waals surface area (Å²) in [6.07, 6.45) is 2.44. The fourth-order valence-corrected chi connectivity index (χ4v) is 6.35. The molecule has 1 saturated heterocycles. The number of halogens is 1. The lowest BCUT2D eigenvalue weighted by Gasteiger charge is -2.26. The standard InChI is InChI=1S/C19H23FN4O3S2/c1-2-23(14-9-10-29(26,27)12-14)17(25)11-28-19-22-21-18(24(19)13-7-8-13)15-5-3-4-6-16(15)20/h3-6,13-14H,2,7-12H2,1H3. The molecule has 0 bridgehead atoms. The monoisotopic (exact) mass is 438 g/mol. The molecule has 4 rings (SSSR count). The Hall–Kier alpha value is -1.94. The molecule has 0 N–H and O–H groups in total. The van der Waals surface area contributed by atoms with Gasteiger partial charge in [-0.2, -0.15) is 0 Å². The molecule has 0 radical (unpaired) electrons. The minimum absolute atomic E-state index is 0.0347. The first-order chi connectivity index (χ1) is 13.9. The number of nitrogens with zero attached hydrogens (tertiary/aromatic N) is 4. The van der Waals surface area contributed by atoms with E-state index < -0.39 is 9.84 Å². The number of benzene rings is 1. The van der Waals surface area contributed by atoms with Gasteiger partial charge < -0.3 is 4.90 Å². The SMILES string of the molecule is CCN(C(=O)CSc1nnc(-c2ccccc2F)n1C1CC1)C1CCS(=O)(=O)C1. The summed E-state index contributed by atoms with van der Waals surface area (Å²) in [6.45, 7) is 2.33. The van der Waals surface area contributed by atoms with E-state index in [0.717, 1.165) is 12.8 Å². The fourth-order valence-electron chi connectivity index (χ4n) is 3.73. The average Bonchev–Trinajstić information content (AvgIpc) is 3.34. The summed E-state index contributed by atoms with van der Waals surface area (Å²) in [5, 5.41) is 9.00. The summed E-state index contributed by atoms with van der Waals surface area (Å²) in [7, 11) is -3.05. The molecule has 10 heteroatoms. The van der Waals surface area contributed by atoms with E-state index in [0.29, 0.717) is 29.5 Å². The van der Waals surface area contributed by atoms with Crippen molar-refractivity contribution < 1.29 is 17.6 Å². The third-order valence-corrected chi connectivity index (χ3v) is 8.00. The first-order valence-electron chi connectivity index (χ1n) is 9.72. The van der Waals surface area contributed by atoms with Crippen LogP contribution < -0.4 is 0 Å². The topological polar surface area (TPSA) is 85.2 Å². The predicted molar refractivity (Wildman–Crippen MR) is 109 cm³/mol. The zero-order valence-corrected chi connectivity index (χ0v) is 17.8. The van der Waals surface area contributed by atoms with Crippen molar-refractivity contribution in [2.75, 3.05) is 23.8 Å². The van der Waals surface area contributed by atoms with Crippen LogP contribution in [0.1, 0.15) is 32.2 Å². The van der Waals surface area contributed by atoms with Gasteiger partial charge in [0.25, 0.3) is 0 Å². The number of sulfone groups is 1. The zero-order valence-electron chi connectivity index (χ0n) is 16.1. The van der Waals surface area contributed by atoms with Crippen LogP contribution in [0.3, 0.4) is 0 Å². The number of carbonyl (C=O) groups excluding carboxylic acids is 1. The maximum Gasteiger partial charge on any atom is 0.233 e. The fraction of sp³-hybridized carbons (Fsp3) is 0.526. The summed E-state index contributed by atoms with van der Waals surface area (Å²) in [5.74, 6) is 0.331. The van der Waals surface area contributed by atoms with Crippen molar-refractivity contribution in [2.24, 2.45) is 0 Å². The number of aromatic nitrogens is 3. The first-order valence-corrected chi connectivity index (χ1v) is 12.5. The Bertz CT molecular complexity index is 1020. The third kappa shape index (κ3) is 4.32. The molecule has 29 heavy (non-hydrogen) atoms. The molecule has 1 atom stereocenters. The maximum absolute atomic E-state index is 14.3. The van der Waals surface area contributed by atoms with Crippen LogP contribution in [0, 0.1) is 5.82 Å². The second-order valence-electron chi connectivity index (χ2n) is 7.41. The Balaban J connectivity index is 1.50. The summed E-state index contributed by atoms with van der Waals surface area (Å²) in [4.78, 5) is 14.4. The van der Waals surface area contributed by atoms with Gasteiger partial charge in [0.1, 0.15) is 5.82 Å². The highest BCUT2D eigenvalue weighted by Gasteiger charge is 2.35. The van der Waals surface area contributed by atoms with Crippen molar-refractivity contribution >= 4 is 27.5 Å². The number of amides is 1. The summed E-state index contributed by atoms with van der Waals surface area (Å²) < 4.78 is 39.7. The lowest BCUT2D eigenvalue weighted by atomic mass is 10.2. The van der Waals surface area contributed by atoms with Gasteiger partial charge in [0.2, 0.25) is 5.91 Å². The summed E-state index contributed by atoms with van der Waals surface area (Å²) in [5.41, 5.74) is 0.399. The van der Waals surface area contributed by atoms with Gasteiger partial charge in [-0.05, 0) is 38.3 Å². The van der Waals surface area contributed by atoms with E-state index in [1.165, 1.54) is 17.8 Å². The van der Waals surface area contributed by atoms with E-state index in [9.17, 15) is 17.6 Å². The molecule has 0 spiro atoms. The van der Waals surface area contributed by atoms with Crippen LogP contribution in [0.5, 0.6) is 0 Å². The molecular formula is C19H23FN4O3S2. The van der Waals surface area contributed by atoms with Crippen LogP contribution in [0.4, 0.5) is 4.39 Å². The maximum atomic E-state index is 14.3. The summed E-state index contributed by atoms with van der Waals surface area (Å²) in [6, 6.07) is 6.43. The highest BCUT2D eigenvalue weighted by Crippen LogP contribution is 2.41. The molecule has 1 aliphatic carbocycles. The van der Waals surface area contributed by atoms with Crippen LogP contribution >= 0.6 is 11.8 Å². The van der Waals surface area contributed by atoms with Crippen molar-refractivity contribution in [3.05, 3.63) is 30.1 Å². The number of hydrogen-bond donors (Lipinski definition) is 0. The molecule has 2 heterocycles. The Labute approximate surface area is 173 Å². The lowest BCUT2D eigenvalue weighted by molar-refractivity contribution is -0.129. The molecule has 2 aromatic rings. The van der Waals surface area contributed by atoms with Gasteiger partial charge in [-0.15, -0.1) is 10.2 Å². The molecule has 2 aliphatic rings. The number of rotatable bonds is 7. The molecule has 156 valence electrons. The van der Waals surface area contributed by atoms with E-state index in [1.54, 1.807) is 23.1 Å². The molecule has 1 amide bonds. The van der Waals surface area contributed by atoms with Crippen molar-refractivity contribution in [1.29, 1.82) is 0 Å². The second-order valence-corrected chi connectivity index (χ2v) is 10.6. The van der Waals surface area contributed by atoms with Crippen LogP contribution in [0.2, 0.25) is 0 Å². The van der Waals surface area contributed by atoms with Crippen molar-refractivity contribution in [2.45, 2.75) is 43.4 Å². The van der Waals surface area contributed by atoms with E-state index in [4.69, 9.17) is 0 Å². The molecule has 7 nitrogen and oxygen atoms in total. The van der Waals surface area contributed by atoms with E-state index in [-0.39, 0.29) is 41.1 Å². The van der Waals surface area contributed by atoms with Crippen molar-refractivity contribution in [3.8, 4) is 11.4 Å². The van der Waals surface area contributed by atoms with Gasteiger partial charge in [0.15, 0.2) is 20.8 Å². The quantitative estimate of drug-likeness (QED) is 0.618. The van der Waals surface area contributed by atoms with E-state index in [1.807, 2.05) is 11.5 Å². The average molecular weight is 439 g/mol. The Morgan fingerprint density at radius 2 is 2.03 bits per heavy atom. The lowest BCUT2D eigenvalue weighted by Crippen LogP contribution is -2.42. The van der Waals surface area contributed by atoms with Crippen LogP contribution in [0.25, 0.3) is 11.4 Å². The van der Waals surface area contributed by atoms with Crippen LogP contribution in [0.15, 0.2) is 29.4 Å². The molecule has 2 fully saturated rings.